The van der Waals surface area contributed by atoms with E-state index in [-0.39, 0.29) is 0 Å². The summed E-state index contributed by atoms with van der Waals surface area (Å²) in [5, 5.41) is 3.32. The SMILES string of the molecule is CCc1cc2cc(Cl)cc(Cl)c2cn1. The zero-order chi connectivity index (χ0) is 10.1. The predicted octanol–water partition coefficient (Wildman–Crippen LogP) is 4.10. The molecule has 0 saturated heterocycles. The summed E-state index contributed by atoms with van der Waals surface area (Å²) in [5.41, 5.74) is 1.05. The predicted molar refractivity (Wildman–Crippen MR) is 61.1 cm³/mol. The molecule has 1 heterocycles. The Labute approximate surface area is 92.7 Å². The summed E-state index contributed by atoms with van der Waals surface area (Å²) in [7, 11) is 0. The zero-order valence-electron chi connectivity index (χ0n) is 7.72. The van der Waals surface area contributed by atoms with Crippen LogP contribution in [0.3, 0.4) is 0 Å². The van der Waals surface area contributed by atoms with Crippen LogP contribution in [0.25, 0.3) is 10.8 Å². The van der Waals surface area contributed by atoms with Crippen molar-refractivity contribution in [3.8, 4) is 0 Å². The first-order valence-electron chi connectivity index (χ1n) is 4.44. The van der Waals surface area contributed by atoms with E-state index in [0.29, 0.717) is 10.0 Å². The minimum Gasteiger partial charge on any atom is -0.261 e. The third-order valence-electron chi connectivity index (χ3n) is 2.17. The fourth-order valence-electron chi connectivity index (χ4n) is 1.42. The van der Waals surface area contributed by atoms with Crippen molar-refractivity contribution in [2.45, 2.75) is 13.3 Å². The van der Waals surface area contributed by atoms with Crippen LogP contribution < -0.4 is 0 Å². The van der Waals surface area contributed by atoms with Gasteiger partial charge >= 0.3 is 0 Å². The Balaban J connectivity index is 2.75. The quantitative estimate of drug-likeness (QED) is 0.713. The monoisotopic (exact) mass is 225 g/mol. The fraction of sp³-hybridized carbons (Fsp3) is 0.182. The largest absolute Gasteiger partial charge is 0.261 e. The first-order chi connectivity index (χ1) is 6.70. The summed E-state index contributed by atoms with van der Waals surface area (Å²) >= 11 is 11.9. The summed E-state index contributed by atoms with van der Waals surface area (Å²) in [6.07, 6.45) is 2.72. The van der Waals surface area contributed by atoms with Gasteiger partial charge in [-0.2, -0.15) is 0 Å². The van der Waals surface area contributed by atoms with Crippen molar-refractivity contribution >= 4 is 34.0 Å². The molecular weight excluding hydrogens is 217 g/mol. The van der Waals surface area contributed by atoms with E-state index in [1.165, 1.54) is 0 Å². The molecule has 0 aliphatic rings. The van der Waals surface area contributed by atoms with Gasteiger partial charge in [-0.05, 0) is 30.0 Å². The van der Waals surface area contributed by atoms with Crippen molar-refractivity contribution in [2.75, 3.05) is 0 Å². The molecule has 0 saturated carbocycles. The Morgan fingerprint density at radius 1 is 1.21 bits per heavy atom. The van der Waals surface area contributed by atoms with Crippen molar-refractivity contribution in [2.24, 2.45) is 0 Å². The third kappa shape index (κ3) is 1.70. The van der Waals surface area contributed by atoms with Crippen LogP contribution in [0.5, 0.6) is 0 Å². The maximum absolute atomic E-state index is 6.03. The average Bonchev–Trinajstić information content (AvgIpc) is 2.16. The van der Waals surface area contributed by atoms with Crippen LogP contribution in [0.15, 0.2) is 24.4 Å². The molecule has 0 spiro atoms. The minimum atomic E-state index is 0.655. The molecule has 3 heteroatoms. The van der Waals surface area contributed by atoms with Crippen molar-refractivity contribution in [3.05, 3.63) is 40.1 Å². The highest BCUT2D eigenvalue weighted by Gasteiger charge is 2.02. The highest BCUT2D eigenvalue weighted by molar-refractivity contribution is 6.38. The van der Waals surface area contributed by atoms with Crippen molar-refractivity contribution in [1.29, 1.82) is 0 Å². The van der Waals surface area contributed by atoms with Crippen LogP contribution >= 0.6 is 23.2 Å². The second-order valence-electron chi connectivity index (χ2n) is 3.14. The van der Waals surface area contributed by atoms with E-state index in [1.807, 2.05) is 12.1 Å². The Hall–Kier alpha value is -0.790. The number of rotatable bonds is 1. The average molecular weight is 226 g/mol. The first-order valence-corrected chi connectivity index (χ1v) is 5.20. The number of hydrogen-bond acceptors (Lipinski definition) is 1. The van der Waals surface area contributed by atoms with E-state index in [0.717, 1.165) is 22.9 Å². The highest BCUT2D eigenvalue weighted by atomic mass is 35.5. The second-order valence-corrected chi connectivity index (χ2v) is 3.98. The van der Waals surface area contributed by atoms with Crippen LogP contribution in [0.1, 0.15) is 12.6 Å². The van der Waals surface area contributed by atoms with Gasteiger partial charge in [0.15, 0.2) is 0 Å². The Kier molecular flexibility index (Phi) is 2.62. The van der Waals surface area contributed by atoms with Gasteiger partial charge in [0.1, 0.15) is 0 Å². The van der Waals surface area contributed by atoms with Crippen molar-refractivity contribution in [3.63, 3.8) is 0 Å². The van der Waals surface area contributed by atoms with E-state index >= 15 is 0 Å². The summed E-state index contributed by atoms with van der Waals surface area (Å²) in [6, 6.07) is 5.66. The molecule has 0 fully saturated rings. The van der Waals surface area contributed by atoms with Crippen molar-refractivity contribution in [1.82, 2.24) is 4.98 Å². The first kappa shape index (κ1) is 9.75. The van der Waals surface area contributed by atoms with E-state index in [9.17, 15) is 0 Å². The molecule has 14 heavy (non-hydrogen) atoms. The van der Waals surface area contributed by atoms with Gasteiger partial charge in [-0.1, -0.05) is 30.1 Å². The molecule has 0 radical (unpaired) electrons. The molecule has 0 unspecified atom stereocenters. The maximum Gasteiger partial charge on any atom is 0.0514 e. The minimum absolute atomic E-state index is 0.655. The zero-order valence-corrected chi connectivity index (χ0v) is 9.23. The van der Waals surface area contributed by atoms with Gasteiger partial charge < -0.3 is 0 Å². The molecule has 0 N–H and O–H groups in total. The van der Waals surface area contributed by atoms with Gasteiger partial charge in [-0.3, -0.25) is 4.98 Å². The molecule has 0 amide bonds. The Bertz CT molecular complexity index is 480. The van der Waals surface area contributed by atoms with Crippen LogP contribution in [-0.2, 0) is 6.42 Å². The summed E-state index contributed by atoms with van der Waals surface area (Å²) < 4.78 is 0. The van der Waals surface area contributed by atoms with E-state index < -0.39 is 0 Å². The summed E-state index contributed by atoms with van der Waals surface area (Å²) in [6.45, 7) is 2.07. The lowest BCUT2D eigenvalue weighted by molar-refractivity contribution is 1.05. The van der Waals surface area contributed by atoms with Crippen molar-refractivity contribution < 1.29 is 0 Å². The number of halogens is 2. The molecule has 1 aromatic carbocycles. The number of fused-ring (bicyclic) bond motifs is 1. The van der Waals surface area contributed by atoms with Gasteiger partial charge in [0.25, 0.3) is 0 Å². The van der Waals surface area contributed by atoms with Crippen LogP contribution in [0.2, 0.25) is 10.0 Å². The Morgan fingerprint density at radius 2 is 2.00 bits per heavy atom. The van der Waals surface area contributed by atoms with Gasteiger partial charge in [-0.15, -0.1) is 0 Å². The molecule has 0 bridgehead atoms. The smallest absolute Gasteiger partial charge is 0.0514 e. The lowest BCUT2D eigenvalue weighted by Gasteiger charge is -2.03. The molecule has 72 valence electrons. The molecule has 2 rings (SSSR count). The normalized spacial score (nSPS) is 10.8. The highest BCUT2D eigenvalue weighted by Crippen LogP contribution is 2.27. The number of aryl methyl sites for hydroxylation is 1. The number of benzene rings is 1. The number of hydrogen-bond donors (Lipinski definition) is 0. The van der Waals surface area contributed by atoms with Crippen LogP contribution in [-0.4, -0.2) is 4.98 Å². The molecular formula is C11H9Cl2N. The molecule has 0 aliphatic carbocycles. The van der Waals surface area contributed by atoms with Crippen LogP contribution in [0, 0.1) is 0 Å². The molecule has 0 atom stereocenters. The standard InChI is InChI=1S/C11H9Cl2N/c1-2-9-4-7-3-8(12)5-11(13)10(7)6-14-9/h3-6H,2H2,1H3. The summed E-state index contributed by atoms with van der Waals surface area (Å²) in [5.74, 6) is 0. The Morgan fingerprint density at radius 3 is 2.71 bits per heavy atom. The summed E-state index contributed by atoms with van der Waals surface area (Å²) in [4.78, 5) is 4.29. The van der Waals surface area contributed by atoms with Gasteiger partial charge in [0.2, 0.25) is 0 Å². The van der Waals surface area contributed by atoms with Gasteiger partial charge in [0, 0.05) is 22.3 Å². The number of aromatic nitrogens is 1. The van der Waals surface area contributed by atoms with E-state index in [1.54, 1.807) is 12.3 Å². The number of pyridine rings is 1. The molecule has 2 aromatic rings. The number of nitrogens with zero attached hydrogens (tertiary/aromatic N) is 1. The van der Waals surface area contributed by atoms with Gasteiger partial charge in [-0.25, -0.2) is 0 Å². The second kappa shape index (κ2) is 3.76. The van der Waals surface area contributed by atoms with E-state index in [4.69, 9.17) is 23.2 Å². The molecule has 1 aromatic heterocycles. The fourth-order valence-corrected chi connectivity index (χ4v) is 1.98. The lowest BCUT2D eigenvalue weighted by atomic mass is 10.1. The van der Waals surface area contributed by atoms with Gasteiger partial charge in [0.05, 0.1) is 5.02 Å². The third-order valence-corrected chi connectivity index (χ3v) is 2.70. The topological polar surface area (TPSA) is 12.9 Å². The molecule has 1 nitrogen and oxygen atoms in total. The van der Waals surface area contributed by atoms with E-state index in [2.05, 4.69) is 11.9 Å². The lowest BCUT2D eigenvalue weighted by Crippen LogP contribution is -1.86. The van der Waals surface area contributed by atoms with Crippen LogP contribution in [0.4, 0.5) is 0 Å². The maximum atomic E-state index is 6.03. The molecule has 0 aliphatic heterocycles.